The summed E-state index contributed by atoms with van der Waals surface area (Å²) in [6.45, 7) is 3.80. The van der Waals surface area contributed by atoms with Crippen LogP contribution in [0.25, 0.3) is 0 Å². The van der Waals surface area contributed by atoms with Gasteiger partial charge in [-0.15, -0.1) is 0 Å². The van der Waals surface area contributed by atoms with Crippen LogP contribution in [0.3, 0.4) is 0 Å². The molecule has 0 aromatic heterocycles. The van der Waals surface area contributed by atoms with E-state index < -0.39 is 5.97 Å². The fourth-order valence-electron chi connectivity index (χ4n) is 1.70. The molecule has 0 aliphatic rings. The number of likely N-dealkylation sites (N-methyl/N-ethyl adjacent to an activating group) is 1. The largest absolute Gasteiger partial charge is 0.461 e. The van der Waals surface area contributed by atoms with Crippen LogP contribution in [0.5, 0.6) is 0 Å². The summed E-state index contributed by atoms with van der Waals surface area (Å²) in [7, 11) is 3.51. The lowest BCUT2D eigenvalue weighted by molar-refractivity contribution is -0.140. The van der Waals surface area contributed by atoms with Crippen molar-refractivity contribution in [2.45, 2.75) is 13.8 Å². The normalized spacial score (nSPS) is 12.0. The first kappa shape index (κ1) is 16.7. The van der Waals surface area contributed by atoms with Gasteiger partial charge in [0.25, 0.3) is 0 Å². The van der Waals surface area contributed by atoms with Gasteiger partial charge in [-0.1, -0.05) is 36.4 Å². The second-order valence-corrected chi connectivity index (χ2v) is 4.71. The van der Waals surface area contributed by atoms with Gasteiger partial charge in [-0.25, -0.2) is 4.79 Å². The molecule has 4 nitrogen and oxygen atoms in total. The highest BCUT2D eigenvalue weighted by Gasteiger charge is 2.12. The summed E-state index contributed by atoms with van der Waals surface area (Å²) in [5.74, 6) is -0.465. The first-order valence-corrected chi connectivity index (χ1v) is 6.80. The Morgan fingerprint density at radius 3 is 2.29 bits per heavy atom. The average molecular weight is 287 g/mol. The molecule has 0 radical (unpaired) electrons. The third-order valence-corrected chi connectivity index (χ3v) is 2.85. The first-order chi connectivity index (χ1) is 9.97. The van der Waals surface area contributed by atoms with Gasteiger partial charge in [0.15, 0.2) is 5.78 Å². The third kappa shape index (κ3) is 4.91. The molecular formula is C17H21NO3. The number of ketones is 1. The molecule has 0 spiro atoms. The number of carbonyl (C=O) groups excluding carboxylic acids is 2. The number of Topliss-reactive ketones (excluding diaryl/α,β-unsaturated/α-hetero) is 1. The van der Waals surface area contributed by atoms with E-state index in [0.29, 0.717) is 23.4 Å². The Morgan fingerprint density at radius 2 is 1.76 bits per heavy atom. The van der Waals surface area contributed by atoms with E-state index >= 15 is 0 Å². The van der Waals surface area contributed by atoms with E-state index in [1.807, 2.05) is 18.2 Å². The average Bonchev–Trinajstić information content (AvgIpc) is 2.47. The Hall–Kier alpha value is -2.36. The molecule has 0 fully saturated rings. The summed E-state index contributed by atoms with van der Waals surface area (Å²) in [6.07, 6.45) is 3.25. The highest BCUT2D eigenvalue weighted by molar-refractivity contribution is 6.08. The van der Waals surface area contributed by atoms with Crippen LogP contribution in [0.2, 0.25) is 0 Å². The molecule has 0 amide bonds. The number of nitrogens with zero attached hydrogens (tertiary/aromatic N) is 1. The molecule has 21 heavy (non-hydrogen) atoms. The van der Waals surface area contributed by atoms with Gasteiger partial charge in [-0.2, -0.15) is 0 Å². The third-order valence-electron chi connectivity index (χ3n) is 2.85. The summed E-state index contributed by atoms with van der Waals surface area (Å²) >= 11 is 0. The molecule has 1 rings (SSSR count). The van der Waals surface area contributed by atoms with E-state index in [-0.39, 0.29) is 5.78 Å². The SMILES string of the molecule is CCOC(=O)/C(=C/C=C(\C)C(=O)c1ccccc1)N(C)C. The zero-order chi connectivity index (χ0) is 15.8. The molecule has 0 aliphatic heterocycles. The Labute approximate surface area is 125 Å². The first-order valence-electron chi connectivity index (χ1n) is 6.80. The molecule has 1 aromatic rings. The molecule has 0 atom stereocenters. The smallest absolute Gasteiger partial charge is 0.354 e. The Balaban J connectivity index is 2.96. The molecule has 0 heterocycles. The van der Waals surface area contributed by atoms with Crippen molar-refractivity contribution in [3.05, 3.63) is 59.3 Å². The molecule has 0 saturated carbocycles. The Morgan fingerprint density at radius 1 is 1.14 bits per heavy atom. The maximum Gasteiger partial charge on any atom is 0.354 e. The van der Waals surface area contributed by atoms with Crippen LogP contribution >= 0.6 is 0 Å². The van der Waals surface area contributed by atoms with Gasteiger partial charge in [-0.3, -0.25) is 4.79 Å². The van der Waals surface area contributed by atoms with E-state index in [1.165, 1.54) is 0 Å². The lowest BCUT2D eigenvalue weighted by Crippen LogP contribution is -2.21. The standard InChI is InChI=1S/C17H21NO3/c1-5-21-17(20)15(18(3)4)12-11-13(2)16(19)14-9-7-6-8-10-14/h6-12H,5H2,1-4H3/b13-11+,15-12-. The maximum absolute atomic E-state index is 12.2. The zero-order valence-electron chi connectivity index (χ0n) is 12.9. The molecule has 0 saturated heterocycles. The van der Waals surface area contributed by atoms with Gasteiger partial charge in [-0.05, 0) is 25.5 Å². The number of benzene rings is 1. The Bertz CT molecular complexity index is 557. The van der Waals surface area contributed by atoms with E-state index in [9.17, 15) is 9.59 Å². The van der Waals surface area contributed by atoms with Crippen LogP contribution in [0.15, 0.2) is 53.8 Å². The van der Waals surface area contributed by atoms with Crippen molar-refractivity contribution in [3.63, 3.8) is 0 Å². The number of allylic oxidation sites excluding steroid dienone is 3. The van der Waals surface area contributed by atoms with E-state index in [2.05, 4.69) is 0 Å². The lowest BCUT2D eigenvalue weighted by atomic mass is 10.0. The van der Waals surface area contributed by atoms with Crippen LogP contribution in [-0.4, -0.2) is 37.4 Å². The van der Waals surface area contributed by atoms with Crippen molar-refractivity contribution in [2.24, 2.45) is 0 Å². The van der Waals surface area contributed by atoms with Crippen molar-refractivity contribution >= 4 is 11.8 Å². The Kier molecular flexibility index (Phi) is 6.40. The van der Waals surface area contributed by atoms with Gasteiger partial charge in [0, 0.05) is 19.7 Å². The summed E-state index contributed by atoms with van der Waals surface area (Å²) in [6, 6.07) is 9.03. The highest BCUT2D eigenvalue weighted by Crippen LogP contribution is 2.09. The minimum Gasteiger partial charge on any atom is -0.461 e. The predicted molar refractivity (Wildman–Crippen MR) is 82.9 cm³/mol. The number of hydrogen-bond acceptors (Lipinski definition) is 4. The highest BCUT2D eigenvalue weighted by atomic mass is 16.5. The summed E-state index contributed by atoms with van der Waals surface area (Å²) in [5, 5.41) is 0. The fraction of sp³-hybridized carbons (Fsp3) is 0.294. The summed E-state index contributed by atoms with van der Waals surface area (Å²) in [5.41, 5.74) is 1.59. The molecule has 0 bridgehead atoms. The molecule has 4 heteroatoms. The predicted octanol–water partition coefficient (Wildman–Crippen LogP) is 2.82. The number of rotatable bonds is 6. The lowest BCUT2D eigenvalue weighted by Gasteiger charge is -2.14. The van der Waals surface area contributed by atoms with Gasteiger partial charge < -0.3 is 9.64 Å². The topological polar surface area (TPSA) is 46.6 Å². The number of hydrogen-bond donors (Lipinski definition) is 0. The quantitative estimate of drug-likeness (QED) is 0.349. The van der Waals surface area contributed by atoms with Crippen molar-refractivity contribution in [1.82, 2.24) is 4.90 Å². The molecule has 0 N–H and O–H groups in total. The van der Waals surface area contributed by atoms with Crippen LogP contribution in [-0.2, 0) is 9.53 Å². The maximum atomic E-state index is 12.2. The van der Waals surface area contributed by atoms with Gasteiger partial charge in [0.1, 0.15) is 5.70 Å². The zero-order valence-corrected chi connectivity index (χ0v) is 12.9. The minimum absolute atomic E-state index is 0.0613. The summed E-state index contributed by atoms with van der Waals surface area (Å²) < 4.78 is 4.98. The van der Waals surface area contributed by atoms with E-state index in [0.717, 1.165) is 0 Å². The molecular weight excluding hydrogens is 266 g/mol. The van der Waals surface area contributed by atoms with Crippen molar-refractivity contribution in [2.75, 3.05) is 20.7 Å². The van der Waals surface area contributed by atoms with Gasteiger partial charge >= 0.3 is 5.97 Å². The molecule has 1 aromatic carbocycles. The van der Waals surface area contributed by atoms with E-state index in [1.54, 1.807) is 57.1 Å². The van der Waals surface area contributed by atoms with E-state index in [4.69, 9.17) is 4.74 Å². The fourth-order valence-corrected chi connectivity index (χ4v) is 1.70. The van der Waals surface area contributed by atoms with Crippen molar-refractivity contribution in [1.29, 1.82) is 0 Å². The van der Waals surface area contributed by atoms with Crippen molar-refractivity contribution < 1.29 is 14.3 Å². The van der Waals surface area contributed by atoms with Gasteiger partial charge in [0.2, 0.25) is 0 Å². The number of ether oxygens (including phenoxy) is 1. The van der Waals surface area contributed by atoms with Crippen LogP contribution in [0.1, 0.15) is 24.2 Å². The van der Waals surface area contributed by atoms with Crippen LogP contribution in [0, 0.1) is 0 Å². The second kappa shape index (κ2) is 8.04. The molecule has 0 unspecified atom stereocenters. The molecule has 112 valence electrons. The number of carbonyl (C=O) groups is 2. The van der Waals surface area contributed by atoms with Crippen LogP contribution < -0.4 is 0 Å². The number of esters is 1. The monoisotopic (exact) mass is 287 g/mol. The van der Waals surface area contributed by atoms with Gasteiger partial charge in [0.05, 0.1) is 6.61 Å². The minimum atomic E-state index is -0.404. The van der Waals surface area contributed by atoms with Crippen molar-refractivity contribution in [3.8, 4) is 0 Å². The second-order valence-electron chi connectivity index (χ2n) is 4.71. The molecule has 0 aliphatic carbocycles. The summed E-state index contributed by atoms with van der Waals surface area (Å²) in [4.78, 5) is 25.6. The van der Waals surface area contributed by atoms with Crippen LogP contribution in [0.4, 0.5) is 0 Å².